The maximum Gasteiger partial charge on any atom is 0.217 e. The van der Waals surface area contributed by atoms with Gasteiger partial charge in [-0.25, -0.2) is 13.0 Å². The van der Waals surface area contributed by atoms with Crippen molar-refractivity contribution in [3.05, 3.63) is 54.4 Å². The molecular formula is C15H20N2O5S. The predicted octanol–water partition coefficient (Wildman–Crippen LogP) is 0.808. The average Bonchev–Trinajstić information content (AvgIpc) is 2.51. The Bertz CT molecular complexity index is 674. The van der Waals surface area contributed by atoms with E-state index in [9.17, 15) is 13.0 Å². The summed E-state index contributed by atoms with van der Waals surface area (Å²) in [6, 6.07) is 13.7. The number of aromatic nitrogens is 1. The van der Waals surface area contributed by atoms with Gasteiger partial charge in [0.1, 0.15) is 12.8 Å². The van der Waals surface area contributed by atoms with E-state index < -0.39 is 10.4 Å². The van der Waals surface area contributed by atoms with Gasteiger partial charge in [0.15, 0.2) is 11.9 Å². The van der Waals surface area contributed by atoms with Gasteiger partial charge in [0.25, 0.3) is 0 Å². The van der Waals surface area contributed by atoms with Gasteiger partial charge in [-0.1, -0.05) is 18.2 Å². The average molecular weight is 340 g/mol. The molecule has 0 unspecified atom stereocenters. The lowest BCUT2D eigenvalue weighted by Gasteiger charge is -2.07. The highest BCUT2D eigenvalue weighted by molar-refractivity contribution is 7.80. The third-order valence-electron chi connectivity index (χ3n) is 2.90. The zero-order valence-electron chi connectivity index (χ0n) is 13.0. The van der Waals surface area contributed by atoms with Crippen LogP contribution < -0.4 is 15.0 Å². The summed E-state index contributed by atoms with van der Waals surface area (Å²) in [6.45, 7) is 0.631. The van der Waals surface area contributed by atoms with Gasteiger partial charge < -0.3 is 15.0 Å². The van der Waals surface area contributed by atoms with Crippen molar-refractivity contribution >= 4 is 16.1 Å². The molecule has 0 radical (unpaired) electrons. The number of pyridine rings is 1. The summed E-state index contributed by atoms with van der Waals surface area (Å²) < 4.78 is 38.8. The maximum atomic E-state index is 9.22. The van der Waals surface area contributed by atoms with Crippen molar-refractivity contribution in [2.75, 3.05) is 19.5 Å². The standard InChI is InChI=1S/C14H17N2O.CH4O4S/c1-16-10-5-4-6-12(16)9-11-17-14-8-3-2-7-13(14)15;1-5-6(2,3)4/h2-8,10H,9,11,15H2,1H3;1H3,(H,2,3,4)/q+1;/p-1. The first kappa shape index (κ1) is 18.9. The number of rotatable bonds is 5. The molecule has 0 spiro atoms. The van der Waals surface area contributed by atoms with Gasteiger partial charge in [-0.2, -0.15) is 0 Å². The molecule has 2 aromatic rings. The Morgan fingerprint density at radius 1 is 1.17 bits per heavy atom. The summed E-state index contributed by atoms with van der Waals surface area (Å²) in [5.41, 5.74) is 7.72. The third-order valence-corrected chi connectivity index (χ3v) is 3.31. The molecule has 126 valence electrons. The van der Waals surface area contributed by atoms with Crippen LogP contribution in [0.1, 0.15) is 5.69 Å². The first-order chi connectivity index (χ1) is 10.8. The normalized spacial score (nSPS) is 10.6. The number of nitrogens with two attached hydrogens (primary N) is 1. The monoisotopic (exact) mass is 340 g/mol. The lowest BCUT2D eigenvalue weighted by molar-refractivity contribution is -0.679. The van der Waals surface area contributed by atoms with Crippen LogP contribution in [-0.2, 0) is 28.1 Å². The number of hydrogen-bond donors (Lipinski definition) is 1. The number of para-hydroxylation sites is 2. The Balaban J connectivity index is 0.000000379. The van der Waals surface area contributed by atoms with Gasteiger partial charge in [0.2, 0.25) is 10.4 Å². The SMILES string of the molecule is COS(=O)(=O)[O-].C[n+]1ccccc1CCOc1ccccc1N. The van der Waals surface area contributed by atoms with E-state index in [0.29, 0.717) is 12.3 Å². The van der Waals surface area contributed by atoms with Crippen LogP contribution >= 0.6 is 0 Å². The fraction of sp³-hybridized carbons (Fsp3) is 0.267. The number of ether oxygens (including phenoxy) is 1. The number of benzene rings is 1. The molecule has 1 heterocycles. The molecule has 7 nitrogen and oxygen atoms in total. The van der Waals surface area contributed by atoms with Crippen molar-refractivity contribution < 1.29 is 26.5 Å². The van der Waals surface area contributed by atoms with E-state index in [1.54, 1.807) is 0 Å². The van der Waals surface area contributed by atoms with Crippen molar-refractivity contribution in [2.24, 2.45) is 7.05 Å². The second-order valence-electron chi connectivity index (χ2n) is 4.51. The summed E-state index contributed by atoms with van der Waals surface area (Å²) in [5, 5.41) is 0. The highest BCUT2D eigenvalue weighted by Crippen LogP contribution is 2.19. The van der Waals surface area contributed by atoms with E-state index in [1.807, 2.05) is 49.6 Å². The van der Waals surface area contributed by atoms with Gasteiger partial charge in [0, 0.05) is 12.1 Å². The van der Waals surface area contributed by atoms with E-state index in [1.165, 1.54) is 5.69 Å². The van der Waals surface area contributed by atoms with Crippen molar-refractivity contribution in [2.45, 2.75) is 6.42 Å². The van der Waals surface area contributed by atoms with Crippen LogP contribution in [0.2, 0.25) is 0 Å². The Labute approximate surface area is 136 Å². The second kappa shape index (κ2) is 9.09. The third kappa shape index (κ3) is 7.59. The minimum atomic E-state index is -4.41. The zero-order chi connectivity index (χ0) is 17.3. The van der Waals surface area contributed by atoms with Crippen LogP contribution in [-0.4, -0.2) is 26.7 Å². The topological polar surface area (TPSA) is 106 Å². The Hall–Kier alpha value is -2.16. The first-order valence-electron chi connectivity index (χ1n) is 6.75. The van der Waals surface area contributed by atoms with E-state index in [0.717, 1.165) is 19.3 Å². The summed E-state index contributed by atoms with van der Waals surface area (Å²) in [4.78, 5) is 0. The lowest BCUT2D eigenvalue weighted by atomic mass is 10.2. The lowest BCUT2D eigenvalue weighted by Crippen LogP contribution is -2.33. The second-order valence-corrected chi connectivity index (χ2v) is 5.66. The molecular weight excluding hydrogens is 320 g/mol. The molecule has 0 aliphatic carbocycles. The van der Waals surface area contributed by atoms with E-state index in [4.69, 9.17) is 10.5 Å². The Kier molecular flexibility index (Phi) is 7.46. The summed E-state index contributed by atoms with van der Waals surface area (Å²) >= 11 is 0. The molecule has 0 fully saturated rings. The minimum Gasteiger partial charge on any atom is -0.726 e. The number of nitrogens with zero attached hydrogens (tertiary/aromatic N) is 1. The Morgan fingerprint density at radius 3 is 2.35 bits per heavy atom. The summed E-state index contributed by atoms with van der Waals surface area (Å²) in [5.74, 6) is 0.756. The quantitative estimate of drug-likeness (QED) is 0.374. The van der Waals surface area contributed by atoms with Gasteiger partial charge >= 0.3 is 0 Å². The molecule has 1 aromatic carbocycles. The van der Waals surface area contributed by atoms with Crippen LogP contribution in [0, 0.1) is 0 Å². The molecule has 23 heavy (non-hydrogen) atoms. The van der Waals surface area contributed by atoms with Gasteiger partial charge in [-0.05, 0) is 12.1 Å². The summed E-state index contributed by atoms with van der Waals surface area (Å²) in [6.07, 6.45) is 2.90. The minimum absolute atomic E-state index is 0.631. The van der Waals surface area contributed by atoms with Crippen LogP contribution in [0.3, 0.4) is 0 Å². The molecule has 0 aliphatic rings. The van der Waals surface area contributed by atoms with Crippen LogP contribution in [0.4, 0.5) is 5.69 Å². The van der Waals surface area contributed by atoms with Crippen LogP contribution in [0.25, 0.3) is 0 Å². The predicted molar refractivity (Wildman–Crippen MR) is 84.4 cm³/mol. The molecule has 2 rings (SSSR count). The highest BCUT2D eigenvalue weighted by Gasteiger charge is 2.05. The Morgan fingerprint density at radius 2 is 1.78 bits per heavy atom. The number of hydrogen-bond acceptors (Lipinski definition) is 6. The van der Waals surface area contributed by atoms with Crippen LogP contribution in [0.5, 0.6) is 5.75 Å². The smallest absolute Gasteiger partial charge is 0.217 e. The first-order valence-corrected chi connectivity index (χ1v) is 8.09. The van der Waals surface area contributed by atoms with Crippen molar-refractivity contribution in [3.63, 3.8) is 0 Å². The largest absolute Gasteiger partial charge is 0.726 e. The van der Waals surface area contributed by atoms with Crippen molar-refractivity contribution in [1.82, 2.24) is 0 Å². The molecule has 0 saturated heterocycles. The van der Waals surface area contributed by atoms with E-state index in [-0.39, 0.29) is 0 Å². The molecule has 1 aromatic heterocycles. The van der Waals surface area contributed by atoms with Crippen LogP contribution in [0.15, 0.2) is 48.7 Å². The van der Waals surface area contributed by atoms with Crippen molar-refractivity contribution in [1.29, 1.82) is 0 Å². The molecule has 0 bridgehead atoms. The van der Waals surface area contributed by atoms with E-state index >= 15 is 0 Å². The summed E-state index contributed by atoms with van der Waals surface area (Å²) in [7, 11) is -1.57. The fourth-order valence-corrected chi connectivity index (χ4v) is 1.70. The van der Waals surface area contributed by atoms with E-state index in [2.05, 4.69) is 14.8 Å². The van der Waals surface area contributed by atoms with Gasteiger partial charge in [-0.3, -0.25) is 4.18 Å². The molecule has 0 saturated carbocycles. The molecule has 0 aliphatic heterocycles. The molecule has 8 heteroatoms. The van der Waals surface area contributed by atoms with Crippen molar-refractivity contribution in [3.8, 4) is 5.75 Å². The number of aryl methyl sites for hydroxylation is 1. The maximum absolute atomic E-state index is 9.22. The highest BCUT2D eigenvalue weighted by atomic mass is 32.3. The molecule has 0 amide bonds. The number of anilines is 1. The zero-order valence-corrected chi connectivity index (χ0v) is 13.8. The van der Waals surface area contributed by atoms with Gasteiger partial charge in [0.05, 0.1) is 25.8 Å². The molecule has 0 atom stereocenters. The fourth-order valence-electron chi connectivity index (χ4n) is 1.70. The van der Waals surface area contributed by atoms with Gasteiger partial charge in [-0.15, -0.1) is 0 Å². The molecule has 2 N–H and O–H groups in total. The number of nitrogen functional groups attached to an aromatic ring is 1.